The zero-order valence-electron chi connectivity index (χ0n) is 11.6. The Morgan fingerprint density at radius 1 is 1.55 bits per heavy atom. The van der Waals surface area contributed by atoms with Crippen molar-refractivity contribution in [2.75, 3.05) is 13.2 Å². The molecule has 1 aromatic carbocycles. The quantitative estimate of drug-likeness (QED) is 0.728. The Kier molecular flexibility index (Phi) is 6.27. The first-order valence-electron chi connectivity index (χ1n) is 7.11. The minimum atomic E-state index is -0.229. The van der Waals surface area contributed by atoms with E-state index in [1.165, 1.54) is 6.07 Å². The van der Waals surface area contributed by atoms with E-state index in [1.54, 1.807) is 6.07 Å². The first kappa shape index (κ1) is 16.2. The van der Waals surface area contributed by atoms with Gasteiger partial charge in [0.15, 0.2) is 0 Å². The zero-order valence-corrected chi connectivity index (χ0v) is 13.9. The number of halogens is 3. The highest BCUT2D eigenvalue weighted by atomic mass is 79.9. The van der Waals surface area contributed by atoms with Crippen LogP contribution < -0.4 is 5.32 Å². The van der Waals surface area contributed by atoms with E-state index in [1.807, 2.05) is 0 Å². The van der Waals surface area contributed by atoms with Crippen molar-refractivity contribution in [1.29, 1.82) is 0 Å². The molecule has 0 aliphatic carbocycles. The van der Waals surface area contributed by atoms with Crippen LogP contribution in [0.25, 0.3) is 0 Å². The first-order chi connectivity index (χ1) is 9.61. The van der Waals surface area contributed by atoms with E-state index in [0.717, 1.165) is 38.8 Å². The van der Waals surface area contributed by atoms with Crippen molar-refractivity contribution < 1.29 is 9.13 Å². The van der Waals surface area contributed by atoms with E-state index in [4.69, 9.17) is 16.3 Å². The maximum atomic E-state index is 14.2. The summed E-state index contributed by atoms with van der Waals surface area (Å²) in [6.07, 6.45) is 4.15. The number of benzene rings is 1. The zero-order chi connectivity index (χ0) is 14.5. The Hall–Kier alpha value is -0.160. The molecule has 1 fully saturated rings. The number of hydrogen-bond donors (Lipinski definition) is 1. The SMILES string of the molecule is CCCNC(CC1CCCO1)c1cc(Cl)c(Br)cc1F. The van der Waals surface area contributed by atoms with E-state index in [0.29, 0.717) is 15.1 Å². The van der Waals surface area contributed by atoms with Gasteiger partial charge in [0.25, 0.3) is 0 Å². The third-order valence-electron chi connectivity index (χ3n) is 3.58. The molecule has 2 unspecified atom stereocenters. The molecule has 1 aliphatic heterocycles. The second kappa shape index (κ2) is 7.74. The summed E-state index contributed by atoms with van der Waals surface area (Å²) >= 11 is 9.36. The van der Waals surface area contributed by atoms with Gasteiger partial charge in [-0.25, -0.2) is 4.39 Å². The molecule has 0 saturated carbocycles. The van der Waals surface area contributed by atoms with Crippen LogP contribution in [0.15, 0.2) is 16.6 Å². The highest BCUT2D eigenvalue weighted by Crippen LogP contribution is 2.32. The van der Waals surface area contributed by atoms with Crippen LogP contribution in [0.3, 0.4) is 0 Å². The molecule has 1 aliphatic rings. The van der Waals surface area contributed by atoms with Crippen LogP contribution in [0.2, 0.25) is 5.02 Å². The fraction of sp³-hybridized carbons (Fsp3) is 0.600. The lowest BCUT2D eigenvalue weighted by molar-refractivity contribution is 0.0942. The van der Waals surface area contributed by atoms with Crippen molar-refractivity contribution in [3.05, 3.63) is 33.0 Å². The molecule has 0 amide bonds. The molecule has 2 rings (SSSR count). The highest BCUT2D eigenvalue weighted by molar-refractivity contribution is 9.10. The first-order valence-corrected chi connectivity index (χ1v) is 8.28. The van der Waals surface area contributed by atoms with Crippen molar-refractivity contribution in [3.8, 4) is 0 Å². The molecule has 112 valence electrons. The fourth-order valence-electron chi connectivity index (χ4n) is 2.54. The van der Waals surface area contributed by atoms with Gasteiger partial charge < -0.3 is 10.1 Å². The molecule has 0 spiro atoms. The number of nitrogens with one attached hydrogen (secondary N) is 1. The Balaban J connectivity index is 2.18. The Labute approximate surface area is 133 Å². The van der Waals surface area contributed by atoms with E-state index < -0.39 is 0 Å². The van der Waals surface area contributed by atoms with Crippen molar-refractivity contribution in [2.24, 2.45) is 0 Å². The van der Waals surface area contributed by atoms with Gasteiger partial charge in [-0.2, -0.15) is 0 Å². The predicted octanol–water partition coefficient (Wildman–Crippen LogP) is 4.85. The minimum Gasteiger partial charge on any atom is -0.378 e. The lowest BCUT2D eigenvalue weighted by atomic mass is 9.98. The van der Waals surface area contributed by atoms with Gasteiger partial charge in [0, 0.05) is 22.7 Å². The van der Waals surface area contributed by atoms with Crippen LogP contribution in [-0.2, 0) is 4.74 Å². The molecule has 0 radical (unpaired) electrons. The summed E-state index contributed by atoms with van der Waals surface area (Å²) in [7, 11) is 0. The lowest BCUT2D eigenvalue weighted by Gasteiger charge is -2.23. The van der Waals surface area contributed by atoms with Crippen molar-refractivity contribution in [3.63, 3.8) is 0 Å². The fourth-order valence-corrected chi connectivity index (χ4v) is 3.02. The van der Waals surface area contributed by atoms with Gasteiger partial charge in [-0.05, 0) is 60.3 Å². The predicted molar refractivity (Wildman–Crippen MR) is 83.7 cm³/mol. The molecular formula is C15H20BrClFNO. The van der Waals surface area contributed by atoms with Crippen LogP contribution in [0.4, 0.5) is 4.39 Å². The minimum absolute atomic E-state index is 0.0522. The second-order valence-electron chi connectivity index (χ2n) is 5.17. The molecule has 5 heteroatoms. The summed E-state index contributed by atoms with van der Waals surface area (Å²) in [6, 6.07) is 3.10. The molecule has 2 atom stereocenters. The average Bonchev–Trinajstić information content (AvgIpc) is 2.92. The van der Waals surface area contributed by atoms with Gasteiger partial charge in [-0.3, -0.25) is 0 Å². The van der Waals surface area contributed by atoms with Crippen LogP contribution in [0.1, 0.15) is 44.2 Å². The Morgan fingerprint density at radius 2 is 2.35 bits per heavy atom. The average molecular weight is 365 g/mol. The van der Waals surface area contributed by atoms with Gasteiger partial charge in [0.05, 0.1) is 11.1 Å². The lowest BCUT2D eigenvalue weighted by Crippen LogP contribution is -2.27. The molecule has 20 heavy (non-hydrogen) atoms. The van der Waals surface area contributed by atoms with Gasteiger partial charge >= 0.3 is 0 Å². The van der Waals surface area contributed by atoms with Crippen molar-refractivity contribution in [2.45, 2.75) is 44.8 Å². The molecule has 0 bridgehead atoms. The molecule has 1 saturated heterocycles. The summed E-state index contributed by atoms with van der Waals surface area (Å²) < 4.78 is 20.5. The molecule has 1 heterocycles. The summed E-state index contributed by atoms with van der Waals surface area (Å²) in [5.41, 5.74) is 0.627. The topological polar surface area (TPSA) is 21.3 Å². The number of ether oxygens (including phenoxy) is 1. The standard InChI is InChI=1S/C15H20BrClFNO/c1-2-5-19-15(7-10-4-3-6-20-10)11-8-13(17)12(16)9-14(11)18/h8-10,15,19H,2-7H2,1H3. The molecule has 1 aromatic rings. The highest BCUT2D eigenvalue weighted by Gasteiger charge is 2.24. The Bertz CT molecular complexity index is 452. The third kappa shape index (κ3) is 4.17. The number of hydrogen-bond acceptors (Lipinski definition) is 2. The largest absolute Gasteiger partial charge is 0.378 e. The molecule has 2 nitrogen and oxygen atoms in total. The van der Waals surface area contributed by atoms with Gasteiger partial charge in [0.2, 0.25) is 0 Å². The second-order valence-corrected chi connectivity index (χ2v) is 6.43. The summed E-state index contributed by atoms with van der Waals surface area (Å²) in [4.78, 5) is 0. The van der Waals surface area contributed by atoms with Gasteiger partial charge in [-0.15, -0.1) is 0 Å². The van der Waals surface area contributed by atoms with Crippen LogP contribution in [0.5, 0.6) is 0 Å². The summed E-state index contributed by atoms with van der Waals surface area (Å²) in [5, 5.41) is 3.95. The maximum absolute atomic E-state index is 14.2. The third-order valence-corrected chi connectivity index (χ3v) is 4.78. The van der Waals surface area contributed by atoms with E-state index in [9.17, 15) is 4.39 Å². The van der Waals surface area contributed by atoms with E-state index in [2.05, 4.69) is 28.2 Å². The smallest absolute Gasteiger partial charge is 0.129 e. The van der Waals surface area contributed by atoms with E-state index in [-0.39, 0.29) is 18.0 Å². The molecular weight excluding hydrogens is 345 g/mol. The van der Waals surface area contributed by atoms with Gasteiger partial charge in [-0.1, -0.05) is 18.5 Å². The van der Waals surface area contributed by atoms with Crippen LogP contribution in [0, 0.1) is 5.82 Å². The number of rotatable bonds is 6. The van der Waals surface area contributed by atoms with Crippen molar-refractivity contribution >= 4 is 27.5 Å². The normalized spacial score (nSPS) is 20.3. The van der Waals surface area contributed by atoms with Crippen LogP contribution in [-0.4, -0.2) is 19.3 Å². The molecule has 1 N–H and O–H groups in total. The Morgan fingerprint density at radius 3 is 3.00 bits per heavy atom. The summed E-state index contributed by atoms with van der Waals surface area (Å²) in [5.74, 6) is -0.229. The maximum Gasteiger partial charge on any atom is 0.129 e. The molecule has 0 aromatic heterocycles. The van der Waals surface area contributed by atoms with Gasteiger partial charge in [0.1, 0.15) is 5.82 Å². The summed E-state index contributed by atoms with van der Waals surface area (Å²) in [6.45, 7) is 3.76. The van der Waals surface area contributed by atoms with Crippen LogP contribution >= 0.6 is 27.5 Å². The monoisotopic (exact) mass is 363 g/mol. The van der Waals surface area contributed by atoms with E-state index >= 15 is 0 Å². The van der Waals surface area contributed by atoms with Crippen molar-refractivity contribution in [1.82, 2.24) is 5.32 Å².